The molecule has 1 aromatic rings. The zero-order valence-electron chi connectivity index (χ0n) is 16.8. The number of ether oxygens (including phenoxy) is 1. The van der Waals surface area contributed by atoms with Crippen LogP contribution in [0.5, 0.6) is 5.75 Å². The second kappa shape index (κ2) is 8.13. The Balaban J connectivity index is 2.16. The Morgan fingerprint density at radius 1 is 1.43 bits per heavy atom. The van der Waals surface area contributed by atoms with Crippen molar-refractivity contribution in [2.75, 3.05) is 36.5 Å². The van der Waals surface area contributed by atoms with E-state index in [1.165, 1.54) is 6.07 Å². The third-order valence-electron chi connectivity index (χ3n) is 5.67. The van der Waals surface area contributed by atoms with Crippen LogP contribution in [0.4, 0.5) is 15.8 Å². The summed E-state index contributed by atoms with van der Waals surface area (Å²) in [6.45, 7) is 15.9. The molecule has 1 saturated heterocycles. The average molecular weight is 384 g/mol. The molecule has 4 nitrogen and oxygen atoms in total. The smallest absolute Gasteiger partial charge is 0.169 e. The molecule has 1 unspecified atom stereocenters. The fourth-order valence-corrected chi connectivity index (χ4v) is 4.08. The van der Waals surface area contributed by atoms with Crippen LogP contribution < -0.4 is 14.5 Å². The number of anilines is 2. The van der Waals surface area contributed by atoms with Crippen molar-refractivity contribution >= 4 is 16.9 Å². The van der Waals surface area contributed by atoms with Crippen molar-refractivity contribution < 1.29 is 14.2 Å². The first-order valence-corrected chi connectivity index (χ1v) is 9.75. The average Bonchev–Trinajstić information content (AvgIpc) is 3.15. The van der Waals surface area contributed by atoms with E-state index in [1.807, 2.05) is 11.0 Å². The molecule has 0 aromatic heterocycles. The Morgan fingerprint density at radius 3 is 2.75 bits per heavy atom. The van der Waals surface area contributed by atoms with Crippen LogP contribution in [0.2, 0.25) is 0 Å². The first-order chi connectivity index (χ1) is 13.4. The summed E-state index contributed by atoms with van der Waals surface area (Å²) in [4.78, 5) is 4.05. The van der Waals surface area contributed by atoms with Gasteiger partial charge in [-0.2, -0.15) is 0 Å². The summed E-state index contributed by atoms with van der Waals surface area (Å²) in [5.41, 5.74) is 2.93. The van der Waals surface area contributed by atoms with Crippen LogP contribution in [0.25, 0.3) is 5.57 Å². The molecule has 150 valence electrons. The van der Waals surface area contributed by atoms with Crippen molar-refractivity contribution in [3.05, 3.63) is 60.8 Å². The van der Waals surface area contributed by atoms with Crippen molar-refractivity contribution in [2.45, 2.75) is 26.2 Å². The highest BCUT2D eigenvalue weighted by atomic mass is 19.1. The monoisotopic (exact) mass is 384 g/mol. The molecule has 2 heterocycles. The van der Waals surface area contributed by atoms with E-state index in [-0.39, 0.29) is 11.6 Å². The molecule has 0 aliphatic carbocycles. The Morgan fingerprint density at radius 2 is 2.18 bits per heavy atom. The number of methoxy groups -OCH3 is 1. The van der Waals surface area contributed by atoms with Crippen LogP contribution in [-0.2, 0) is 0 Å². The van der Waals surface area contributed by atoms with E-state index in [0.29, 0.717) is 40.6 Å². The molecule has 1 fully saturated rings. The van der Waals surface area contributed by atoms with Gasteiger partial charge >= 0.3 is 0 Å². The van der Waals surface area contributed by atoms with Gasteiger partial charge in [-0.15, -0.1) is 6.58 Å². The SMILES string of the molecule is C=CCCN1C=C(C(=C)O)C(=C)c2cc(F)c(N3CCC(CC)C3)c(OC)c21. The van der Waals surface area contributed by atoms with Gasteiger partial charge < -0.3 is 19.6 Å². The van der Waals surface area contributed by atoms with E-state index in [1.54, 1.807) is 13.3 Å². The number of aliphatic hydroxyl groups is 1. The molecule has 5 heteroatoms. The third-order valence-corrected chi connectivity index (χ3v) is 5.67. The lowest BCUT2D eigenvalue weighted by atomic mass is 9.92. The second-order valence-electron chi connectivity index (χ2n) is 7.38. The fraction of sp³-hybridized carbons (Fsp3) is 0.391. The Bertz CT molecular complexity index is 843. The van der Waals surface area contributed by atoms with Crippen LogP contribution in [0.15, 0.2) is 49.4 Å². The van der Waals surface area contributed by atoms with E-state index in [9.17, 15) is 5.11 Å². The lowest BCUT2D eigenvalue weighted by Gasteiger charge is -2.34. The predicted octanol–water partition coefficient (Wildman–Crippen LogP) is 5.44. The van der Waals surface area contributed by atoms with Gasteiger partial charge in [0.15, 0.2) is 11.6 Å². The van der Waals surface area contributed by atoms with Gasteiger partial charge in [-0.1, -0.05) is 32.6 Å². The number of hydrogen-bond acceptors (Lipinski definition) is 4. The molecule has 0 radical (unpaired) electrons. The quantitative estimate of drug-likeness (QED) is 0.502. The van der Waals surface area contributed by atoms with Gasteiger partial charge in [-0.25, -0.2) is 4.39 Å². The molecule has 3 rings (SSSR count). The molecule has 0 bridgehead atoms. The maximum atomic E-state index is 15.3. The van der Waals surface area contributed by atoms with E-state index in [0.717, 1.165) is 38.0 Å². The van der Waals surface area contributed by atoms with Gasteiger partial charge in [-0.3, -0.25) is 0 Å². The first kappa shape index (κ1) is 20.1. The molecule has 0 spiro atoms. The van der Waals surface area contributed by atoms with Gasteiger partial charge in [0, 0.05) is 37.0 Å². The Hall–Kier alpha value is -2.69. The predicted molar refractivity (Wildman–Crippen MR) is 115 cm³/mol. The number of hydrogen-bond donors (Lipinski definition) is 1. The summed E-state index contributed by atoms with van der Waals surface area (Å²) >= 11 is 0. The van der Waals surface area contributed by atoms with Crippen molar-refractivity contribution in [1.29, 1.82) is 0 Å². The van der Waals surface area contributed by atoms with Gasteiger partial charge in [0.25, 0.3) is 0 Å². The minimum Gasteiger partial charge on any atom is -0.508 e. The number of halogens is 1. The molecule has 1 aromatic carbocycles. The van der Waals surface area contributed by atoms with E-state index in [4.69, 9.17) is 4.74 Å². The molecule has 2 aliphatic heterocycles. The zero-order valence-corrected chi connectivity index (χ0v) is 16.8. The second-order valence-corrected chi connectivity index (χ2v) is 7.38. The minimum absolute atomic E-state index is 0.0898. The molecule has 2 aliphatic rings. The number of benzene rings is 1. The molecular formula is C23H29FN2O2. The van der Waals surface area contributed by atoms with Crippen LogP contribution >= 0.6 is 0 Å². The van der Waals surface area contributed by atoms with Crippen LogP contribution in [0.3, 0.4) is 0 Å². The molecular weight excluding hydrogens is 355 g/mol. The summed E-state index contributed by atoms with van der Waals surface area (Å²) in [5.74, 6) is 0.655. The minimum atomic E-state index is -0.332. The normalized spacial score (nSPS) is 18.8. The zero-order chi connectivity index (χ0) is 20.4. The maximum Gasteiger partial charge on any atom is 0.169 e. The van der Waals surface area contributed by atoms with Crippen molar-refractivity contribution in [3.8, 4) is 5.75 Å². The van der Waals surface area contributed by atoms with Crippen LogP contribution in [0.1, 0.15) is 31.7 Å². The third kappa shape index (κ3) is 3.41. The topological polar surface area (TPSA) is 35.9 Å². The van der Waals surface area contributed by atoms with E-state index < -0.39 is 0 Å². The highest BCUT2D eigenvalue weighted by Gasteiger charge is 2.33. The molecule has 0 amide bonds. The summed E-state index contributed by atoms with van der Waals surface area (Å²) in [5, 5.41) is 9.99. The molecule has 1 N–H and O–H groups in total. The molecule has 0 saturated carbocycles. The summed E-state index contributed by atoms with van der Waals surface area (Å²) in [7, 11) is 1.57. The lowest BCUT2D eigenvalue weighted by molar-refractivity contribution is 0.410. The van der Waals surface area contributed by atoms with Crippen LogP contribution in [-0.4, -0.2) is 31.9 Å². The first-order valence-electron chi connectivity index (χ1n) is 9.75. The summed E-state index contributed by atoms with van der Waals surface area (Å²) < 4.78 is 21.0. The number of rotatable bonds is 7. The number of nitrogens with zero attached hydrogens (tertiary/aromatic N) is 2. The van der Waals surface area contributed by atoms with Crippen molar-refractivity contribution in [2.24, 2.45) is 5.92 Å². The highest BCUT2D eigenvalue weighted by molar-refractivity contribution is 5.96. The van der Waals surface area contributed by atoms with Gasteiger partial charge in [0.2, 0.25) is 0 Å². The summed E-state index contributed by atoms with van der Waals surface area (Å²) in [6.07, 6.45) is 6.49. The molecule has 28 heavy (non-hydrogen) atoms. The van der Waals surface area contributed by atoms with E-state index >= 15 is 4.39 Å². The van der Waals surface area contributed by atoms with Crippen molar-refractivity contribution in [1.82, 2.24) is 0 Å². The fourth-order valence-electron chi connectivity index (χ4n) is 4.08. The van der Waals surface area contributed by atoms with Gasteiger partial charge in [0.1, 0.15) is 11.4 Å². The standard InChI is InChI=1S/C23H29FN2O2/c1-6-8-10-25-14-19(16(4)27)15(3)18-12-20(24)22(23(28-5)21(18)25)26-11-9-17(7-2)13-26/h6,12,14,17,27H,1,3-4,7-11,13H2,2,5H3. The number of allylic oxidation sites excluding steroid dienone is 1. The van der Waals surface area contributed by atoms with E-state index in [2.05, 4.69) is 31.6 Å². The van der Waals surface area contributed by atoms with Crippen LogP contribution in [0, 0.1) is 11.7 Å². The van der Waals surface area contributed by atoms with Crippen molar-refractivity contribution in [3.63, 3.8) is 0 Å². The maximum absolute atomic E-state index is 15.3. The van der Waals surface area contributed by atoms with Gasteiger partial charge in [-0.05, 0) is 30.4 Å². The van der Waals surface area contributed by atoms with Gasteiger partial charge in [0.05, 0.1) is 12.8 Å². The number of fused-ring (bicyclic) bond motifs is 1. The largest absolute Gasteiger partial charge is 0.508 e. The number of aliphatic hydroxyl groups excluding tert-OH is 1. The molecule has 1 atom stereocenters. The lowest BCUT2D eigenvalue weighted by Crippen LogP contribution is -2.27. The summed E-state index contributed by atoms with van der Waals surface area (Å²) in [6, 6.07) is 1.51. The highest BCUT2D eigenvalue weighted by Crippen LogP contribution is 2.50. The Kier molecular flexibility index (Phi) is 5.82. The Labute approximate surface area is 166 Å².